The van der Waals surface area contributed by atoms with Crippen molar-refractivity contribution in [3.8, 4) is 0 Å². The molecular weight excluding hydrogens is 290 g/mol. The quantitative estimate of drug-likeness (QED) is 0.652. The fraction of sp³-hybridized carbons (Fsp3) is 0.579. The second kappa shape index (κ2) is 10.8. The SMILES string of the molecule is CCCCC(CCCC)C(=O)NC(Cc1ccccc1)C(=O)O. The molecule has 4 heteroatoms. The highest BCUT2D eigenvalue weighted by Crippen LogP contribution is 2.17. The lowest BCUT2D eigenvalue weighted by Crippen LogP contribution is -2.45. The number of hydrogen-bond donors (Lipinski definition) is 2. The number of unbranched alkanes of at least 4 members (excludes halogenated alkanes) is 2. The molecule has 1 aromatic carbocycles. The van der Waals surface area contributed by atoms with Crippen molar-refractivity contribution in [2.24, 2.45) is 5.92 Å². The molecule has 128 valence electrons. The van der Waals surface area contributed by atoms with Gasteiger partial charge in [-0.3, -0.25) is 4.79 Å². The molecule has 4 nitrogen and oxygen atoms in total. The summed E-state index contributed by atoms with van der Waals surface area (Å²) in [4.78, 5) is 24.0. The Morgan fingerprint density at radius 2 is 1.61 bits per heavy atom. The molecule has 1 aromatic rings. The Labute approximate surface area is 139 Å². The number of rotatable bonds is 11. The van der Waals surface area contributed by atoms with Crippen molar-refractivity contribution in [1.29, 1.82) is 0 Å². The minimum atomic E-state index is -0.980. The number of aliphatic carboxylic acids is 1. The van der Waals surface area contributed by atoms with Crippen LogP contribution in [0.25, 0.3) is 0 Å². The Bertz CT molecular complexity index is 465. The number of benzene rings is 1. The summed E-state index contributed by atoms with van der Waals surface area (Å²) in [7, 11) is 0. The zero-order valence-corrected chi connectivity index (χ0v) is 14.3. The average molecular weight is 319 g/mol. The zero-order valence-electron chi connectivity index (χ0n) is 14.3. The molecular formula is C19H29NO3. The smallest absolute Gasteiger partial charge is 0.326 e. The van der Waals surface area contributed by atoms with Gasteiger partial charge in [-0.2, -0.15) is 0 Å². The molecule has 1 amide bonds. The lowest BCUT2D eigenvalue weighted by molar-refractivity contribution is -0.142. The van der Waals surface area contributed by atoms with Gasteiger partial charge in [-0.25, -0.2) is 4.79 Å². The fourth-order valence-electron chi connectivity index (χ4n) is 2.65. The van der Waals surface area contributed by atoms with Crippen molar-refractivity contribution < 1.29 is 14.7 Å². The van der Waals surface area contributed by atoms with Gasteiger partial charge in [0.2, 0.25) is 5.91 Å². The van der Waals surface area contributed by atoms with E-state index in [2.05, 4.69) is 19.2 Å². The van der Waals surface area contributed by atoms with Gasteiger partial charge in [0.1, 0.15) is 6.04 Å². The van der Waals surface area contributed by atoms with E-state index in [4.69, 9.17) is 0 Å². The second-order valence-corrected chi connectivity index (χ2v) is 6.07. The molecule has 23 heavy (non-hydrogen) atoms. The molecule has 0 saturated carbocycles. The van der Waals surface area contributed by atoms with Gasteiger partial charge < -0.3 is 10.4 Å². The molecule has 2 N–H and O–H groups in total. The van der Waals surface area contributed by atoms with Gasteiger partial charge in [-0.15, -0.1) is 0 Å². The molecule has 0 aliphatic carbocycles. The highest BCUT2D eigenvalue weighted by atomic mass is 16.4. The van der Waals surface area contributed by atoms with E-state index in [0.29, 0.717) is 6.42 Å². The third-order valence-electron chi connectivity index (χ3n) is 4.08. The van der Waals surface area contributed by atoms with Crippen LogP contribution >= 0.6 is 0 Å². The van der Waals surface area contributed by atoms with Crippen LogP contribution in [0.1, 0.15) is 57.9 Å². The molecule has 0 aliphatic heterocycles. The van der Waals surface area contributed by atoms with Gasteiger partial charge in [0, 0.05) is 12.3 Å². The van der Waals surface area contributed by atoms with Gasteiger partial charge in [-0.1, -0.05) is 69.9 Å². The molecule has 0 saturated heterocycles. The molecule has 1 unspecified atom stereocenters. The summed E-state index contributed by atoms with van der Waals surface area (Å²) >= 11 is 0. The number of carboxylic acids is 1. The largest absolute Gasteiger partial charge is 0.480 e. The summed E-state index contributed by atoms with van der Waals surface area (Å²) in [6.45, 7) is 4.20. The number of hydrogen-bond acceptors (Lipinski definition) is 2. The molecule has 0 fully saturated rings. The molecule has 0 spiro atoms. The van der Waals surface area contributed by atoms with Crippen LogP contribution in [0, 0.1) is 5.92 Å². The normalized spacial score (nSPS) is 12.1. The molecule has 1 atom stereocenters. The third-order valence-corrected chi connectivity index (χ3v) is 4.08. The van der Waals surface area contributed by atoms with Crippen molar-refractivity contribution in [3.05, 3.63) is 35.9 Å². The molecule has 0 radical (unpaired) electrons. The van der Waals surface area contributed by atoms with Crippen molar-refractivity contribution in [2.75, 3.05) is 0 Å². The number of carbonyl (C=O) groups is 2. The first-order valence-corrected chi connectivity index (χ1v) is 8.65. The highest BCUT2D eigenvalue weighted by molar-refractivity contribution is 5.85. The lowest BCUT2D eigenvalue weighted by atomic mass is 9.94. The van der Waals surface area contributed by atoms with Crippen LogP contribution in [-0.4, -0.2) is 23.0 Å². The first-order valence-electron chi connectivity index (χ1n) is 8.65. The van der Waals surface area contributed by atoms with Crippen molar-refractivity contribution >= 4 is 11.9 Å². The Balaban J connectivity index is 2.68. The number of amides is 1. The number of carboxylic acid groups (broad SMARTS) is 1. The van der Waals surface area contributed by atoms with Crippen molar-refractivity contribution in [3.63, 3.8) is 0 Å². The van der Waals surface area contributed by atoms with Gasteiger partial charge in [0.05, 0.1) is 0 Å². The van der Waals surface area contributed by atoms with E-state index in [1.54, 1.807) is 0 Å². The van der Waals surface area contributed by atoms with E-state index < -0.39 is 12.0 Å². The topological polar surface area (TPSA) is 66.4 Å². The number of nitrogens with one attached hydrogen (secondary N) is 1. The Kier molecular flexibility index (Phi) is 9.03. The Hall–Kier alpha value is -1.84. The standard InChI is InChI=1S/C19H29NO3/c1-3-5-12-16(13-6-4-2)18(21)20-17(19(22)23)14-15-10-8-7-9-11-15/h7-11,16-17H,3-6,12-14H2,1-2H3,(H,20,21)(H,22,23). The van der Waals surface area contributed by atoms with Crippen molar-refractivity contribution in [2.45, 2.75) is 64.8 Å². The minimum absolute atomic E-state index is 0.0764. The predicted octanol–water partition coefficient (Wildman–Crippen LogP) is 3.80. The molecule has 0 heterocycles. The number of carbonyl (C=O) groups excluding carboxylic acids is 1. The fourth-order valence-corrected chi connectivity index (χ4v) is 2.65. The van der Waals surface area contributed by atoms with Crippen LogP contribution in [0.5, 0.6) is 0 Å². The first kappa shape index (κ1) is 19.2. The van der Waals surface area contributed by atoms with E-state index in [9.17, 15) is 14.7 Å². The van der Waals surface area contributed by atoms with E-state index in [-0.39, 0.29) is 11.8 Å². The summed E-state index contributed by atoms with van der Waals surface area (Å²) in [6, 6.07) is 8.55. The molecule has 0 aromatic heterocycles. The van der Waals surface area contributed by atoms with Gasteiger partial charge >= 0.3 is 5.97 Å². The maximum Gasteiger partial charge on any atom is 0.326 e. The zero-order chi connectivity index (χ0) is 17.1. The summed E-state index contributed by atoms with van der Waals surface area (Å²) in [5, 5.41) is 12.1. The van der Waals surface area contributed by atoms with E-state index in [0.717, 1.165) is 44.1 Å². The van der Waals surface area contributed by atoms with Crippen LogP contribution in [-0.2, 0) is 16.0 Å². The summed E-state index contributed by atoms with van der Waals surface area (Å²) in [5.41, 5.74) is 0.916. The monoisotopic (exact) mass is 319 g/mol. The summed E-state index contributed by atoms with van der Waals surface area (Å²) < 4.78 is 0. The average Bonchev–Trinajstić information content (AvgIpc) is 2.55. The first-order chi connectivity index (χ1) is 11.1. The van der Waals surface area contributed by atoms with Crippen LogP contribution in [0.2, 0.25) is 0 Å². The van der Waals surface area contributed by atoms with E-state index in [1.165, 1.54) is 0 Å². The molecule has 0 aliphatic rings. The van der Waals surface area contributed by atoms with Crippen LogP contribution in [0.15, 0.2) is 30.3 Å². The maximum atomic E-state index is 12.5. The predicted molar refractivity (Wildman–Crippen MR) is 92.3 cm³/mol. The third kappa shape index (κ3) is 7.31. The summed E-state index contributed by atoms with van der Waals surface area (Å²) in [6.07, 6.45) is 6.07. The summed E-state index contributed by atoms with van der Waals surface area (Å²) in [5.74, 6) is -1.17. The van der Waals surface area contributed by atoms with Gasteiger partial charge in [0.15, 0.2) is 0 Å². The maximum absolute atomic E-state index is 12.5. The van der Waals surface area contributed by atoms with Gasteiger partial charge in [0.25, 0.3) is 0 Å². The Morgan fingerprint density at radius 3 is 2.09 bits per heavy atom. The van der Waals surface area contributed by atoms with Crippen molar-refractivity contribution in [1.82, 2.24) is 5.32 Å². The Morgan fingerprint density at radius 1 is 1.04 bits per heavy atom. The second-order valence-electron chi connectivity index (χ2n) is 6.07. The van der Waals surface area contributed by atoms with Gasteiger partial charge in [-0.05, 0) is 18.4 Å². The van der Waals surface area contributed by atoms with Crippen LogP contribution in [0.3, 0.4) is 0 Å². The van der Waals surface area contributed by atoms with E-state index >= 15 is 0 Å². The minimum Gasteiger partial charge on any atom is -0.480 e. The molecule has 0 bridgehead atoms. The molecule has 1 rings (SSSR count). The lowest BCUT2D eigenvalue weighted by Gasteiger charge is -2.20. The van der Waals surface area contributed by atoms with E-state index in [1.807, 2.05) is 30.3 Å². The van der Waals surface area contributed by atoms with Crippen LogP contribution in [0.4, 0.5) is 0 Å². The van der Waals surface area contributed by atoms with Crippen LogP contribution < -0.4 is 5.32 Å². The highest BCUT2D eigenvalue weighted by Gasteiger charge is 2.24.